The van der Waals surface area contributed by atoms with Gasteiger partial charge in [-0.05, 0) is 12.3 Å². The van der Waals surface area contributed by atoms with E-state index in [0.717, 1.165) is 13.1 Å². The van der Waals surface area contributed by atoms with E-state index in [9.17, 15) is 9.59 Å². The number of urea groups is 1. The van der Waals surface area contributed by atoms with Crippen LogP contribution in [0.4, 0.5) is 4.79 Å². The van der Waals surface area contributed by atoms with Crippen molar-refractivity contribution in [3.63, 3.8) is 0 Å². The fourth-order valence-electron chi connectivity index (χ4n) is 2.47. The van der Waals surface area contributed by atoms with E-state index in [2.05, 4.69) is 24.1 Å². The summed E-state index contributed by atoms with van der Waals surface area (Å²) in [4.78, 5) is 26.2. The highest BCUT2D eigenvalue weighted by molar-refractivity contribution is 5.80. The first-order valence-corrected chi connectivity index (χ1v) is 7.03. The summed E-state index contributed by atoms with van der Waals surface area (Å²) in [5, 5.41) is 20.1. The summed E-state index contributed by atoms with van der Waals surface area (Å²) in [7, 11) is 0. The number of rotatable bonds is 6. The molecule has 0 aromatic carbocycles. The van der Waals surface area contributed by atoms with Gasteiger partial charge in [-0.15, -0.1) is 0 Å². The Balaban J connectivity index is 2.53. The second kappa shape index (κ2) is 8.06. The summed E-state index contributed by atoms with van der Waals surface area (Å²) in [6.45, 7) is 6.81. The number of aliphatic hydroxyl groups excluding tert-OH is 1. The zero-order valence-electron chi connectivity index (χ0n) is 12.2. The number of hydrogen-bond donors (Lipinski definition) is 3. The number of piperazine rings is 1. The molecule has 20 heavy (non-hydrogen) atoms. The van der Waals surface area contributed by atoms with Gasteiger partial charge in [0.2, 0.25) is 0 Å². The molecular weight excluding hydrogens is 262 g/mol. The number of nitrogens with one attached hydrogen (secondary N) is 1. The van der Waals surface area contributed by atoms with E-state index < -0.39 is 5.97 Å². The van der Waals surface area contributed by atoms with Crippen LogP contribution in [0.3, 0.4) is 0 Å². The molecule has 0 spiro atoms. The van der Waals surface area contributed by atoms with Crippen molar-refractivity contribution in [2.75, 3.05) is 39.3 Å². The van der Waals surface area contributed by atoms with E-state index in [1.165, 1.54) is 0 Å². The molecule has 0 radical (unpaired) electrons. The van der Waals surface area contributed by atoms with E-state index in [4.69, 9.17) is 10.2 Å². The predicted octanol–water partition coefficient (Wildman–Crippen LogP) is -0.195. The standard InChI is InChI=1S/C13H25N3O4/c1-10(2)8-15-4-5-16(9-11(15)3-6-17)13(20)14-7-12(18)19/h10-11,17H,3-9H2,1-2H3,(H,14,20)(H,18,19). The molecule has 1 unspecified atom stereocenters. The summed E-state index contributed by atoms with van der Waals surface area (Å²) < 4.78 is 0. The zero-order chi connectivity index (χ0) is 15.1. The number of carbonyl (C=O) groups excluding carboxylic acids is 1. The van der Waals surface area contributed by atoms with E-state index >= 15 is 0 Å². The Kier molecular flexibility index (Phi) is 6.74. The Morgan fingerprint density at radius 1 is 1.35 bits per heavy atom. The third kappa shape index (κ3) is 5.34. The molecule has 1 atom stereocenters. The summed E-state index contributed by atoms with van der Waals surface area (Å²) in [5.41, 5.74) is 0. The molecule has 1 aliphatic heterocycles. The highest BCUT2D eigenvalue weighted by Gasteiger charge is 2.29. The lowest BCUT2D eigenvalue weighted by Crippen LogP contribution is -2.57. The molecule has 0 aliphatic carbocycles. The first-order chi connectivity index (χ1) is 9.43. The minimum atomic E-state index is -1.05. The number of carboxylic acids is 1. The van der Waals surface area contributed by atoms with Crippen molar-refractivity contribution >= 4 is 12.0 Å². The van der Waals surface area contributed by atoms with Crippen LogP contribution in [-0.2, 0) is 4.79 Å². The van der Waals surface area contributed by atoms with Crippen molar-refractivity contribution in [2.45, 2.75) is 26.3 Å². The molecule has 0 saturated carbocycles. The van der Waals surface area contributed by atoms with Gasteiger partial charge in [0.1, 0.15) is 6.54 Å². The molecule has 1 saturated heterocycles. The van der Waals surface area contributed by atoms with Crippen LogP contribution in [0.15, 0.2) is 0 Å². The van der Waals surface area contributed by atoms with Crippen molar-refractivity contribution in [3.8, 4) is 0 Å². The van der Waals surface area contributed by atoms with E-state index in [1.807, 2.05) is 0 Å². The number of carboxylic acid groups (broad SMARTS) is 1. The minimum absolute atomic E-state index is 0.0871. The van der Waals surface area contributed by atoms with Gasteiger partial charge in [-0.2, -0.15) is 0 Å². The monoisotopic (exact) mass is 287 g/mol. The second-order valence-electron chi connectivity index (χ2n) is 5.55. The quantitative estimate of drug-likeness (QED) is 0.629. The van der Waals surface area contributed by atoms with E-state index in [-0.39, 0.29) is 25.2 Å². The molecule has 0 aromatic heterocycles. The van der Waals surface area contributed by atoms with Crippen LogP contribution in [0.2, 0.25) is 0 Å². The van der Waals surface area contributed by atoms with Crippen LogP contribution < -0.4 is 5.32 Å². The van der Waals surface area contributed by atoms with Gasteiger partial charge in [0, 0.05) is 38.8 Å². The Labute approximate surface area is 119 Å². The summed E-state index contributed by atoms with van der Waals surface area (Å²) in [5.74, 6) is -0.521. The van der Waals surface area contributed by atoms with Crippen LogP contribution in [0.25, 0.3) is 0 Å². The van der Waals surface area contributed by atoms with Crippen molar-refractivity contribution in [1.82, 2.24) is 15.1 Å². The molecule has 0 bridgehead atoms. The predicted molar refractivity (Wildman–Crippen MR) is 74.5 cm³/mol. The zero-order valence-corrected chi connectivity index (χ0v) is 12.2. The third-order valence-corrected chi connectivity index (χ3v) is 3.34. The topological polar surface area (TPSA) is 93.1 Å². The number of carbonyl (C=O) groups is 2. The third-order valence-electron chi connectivity index (χ3n) is 3.34. The minimum Gasteiger partial charge on any atom is -0.480 e. The molecule has 7 nitrogen and oxygen atoms in total. The SMILES string of the molecule is CC(C)CN1CCN(C(=O)NCC(=O)O)CC1CCO. The second-order valence-corrected chi connectivity index (χ2v) is 5.55. The molecule has 116 valence electrons. The number of aliphatic carboxylic acids is 1. The van der Waals surface area contributed by atoms with Gasteiger partial charge in [-0.25, -0.2) is 4.79 Å². The Bertz CT molecular complexity index is 336. The highest BCUT2D eigenvalue weighted by atomic mass is 16.4. The average molecular weight is 287 g/mol. The van der Waals surface area contributed by atoms with Gasteiger partial charge in [0.05, 0.1) is 0 Å². The lowest BCUT2D eigenvalue weighted by atomic mass is 10.1. The van der Waals surface area contributed by atoms with Crippen LogP contribution in [0.1, 0.15) is 20.3 Å². The van der Waals surface area contributed by atoms with Crippen molar-refractivity contribution in [1.29, 1.82) is 0 Å². The lowest BCUT2D eigenvalue weighted by Gasteiger charge is -2.42. The number of hydrogen-bond acceptors (Lipinski definition) is 4. The highest BCUT2D eigenvalue weighted by Crippen LogP contribution is 2.15. The summed E-state index contributed by atoms with van der Waals surface area (Å²) in [6, 6.07) is -0.216. The van der Waals surface area contributed by atoms with Gasteiger partial charge in [-0.3, -0.25) is 9.69 Å². The maximum absolute atomic E-state index is 11.9. The Morgan fingerprint density at radius 2 is 2.05 bits per heavy atom. The number of amides is 2. The van der Waals surface area contributed by atoms with Gasteiger partial charge in [-0.1, -0.05) is 13.8 Å². The maximum atomic E-state index is 11.9. The van der Waals surface area contributed by atoms with E-state index in [1.54, 1.807) is 4.90 Å². The molecule has 7 heteroatoms. The molecule has 1 heterocycles. The molecule has 1 rings (SSSR count). The van der Waals surface area contributed by atoms with Crippen LogP contribution in [-0.4, -0.2) is 77.4 Å². The Morgan fingerprint density at radius 3 is 2.60 bits per heavy atom. The molecule has 2 amide bonds. The first kappa shape index (κ1) is 16.7. The van der Waals surface area contributed by atoms with Crippen LogP contribution in [0.5, 0.6) is 0 Å². The molecule has 3 N–H and O–H groups in total. The average Bonchev–Trinajstić information content (AvgIpc) is 2.37. The Hall–Kier alpha value is -1.34. The smallest absolute Gasteiger partial charge is 0.323 e. The van der Waals surface area contributed by atoms with E-state index in [0.29, 0.717) is 25.4 Å². The van der Waals surface area contributed by atoms with Crippen molar-refractivity contribution in [2.24, 2.45) is 5.92 Å². The molecule has 1 aliphatic rings. The largest absolute Gasteiger partial charge is 0.480 e. The maximum Gasteiger partial charge on any atom is 0.323 e. The van der Waals surface area contributed by atoms with Crippen LogP contribution in [0, 0.1) is 5.92 Å². The molecular formula is C13H25N3O4. The first-order valence-electron chi connectivity index (χ1n) is 7.03. The van der Waals surface area contributed by atoms with Crippen molar-refractivity contribution < 1.29 is 19.8 Å². The van der Waals surface area contributed by atoms with Gasteiger partial charge in [0.25, 0.3) is 0 Å². The van der Waals surface area contributed by atoms with Crippen LogP contribution >= 0.6 is 0 Å². The fourth-order valence-corrected chi connectivity index (χ4v) is 2.47. The lowest BCUT2D eigenvalue weighted by molar-refractivity contribution is -0.135. The van der Waals surface area contributed by atoms with Gasteiger partial charge < -0.3 is 20.4 Å². The summed E-state index contributed by atoms with van der Waals surface area (Å²) >= 11 is 0. The molecule has 0 aromatic rings. The van der Waals surface area contributed by atoms with Gasteiger partial charge >= 0.3 is 12.0 Å². The fraction of sp³-hybridized carbons (Fsp3) is 0.846. The van der Waals surface area contributed by atoms with Crippen molar-refractivity contribution in [3.05, 3.63) is 0 Å². The number of nitrogens with zero attached hydrogens (tertiary/aromatic N) is 2. The van der Waals surface area contributed by atoms with Gasteiger partial charge in [0.15, 0.2) is 0 Å². The summed E-state index contributed by atoms with van der Waals surface area (Å²) in [6.07, 6.45) is 0.620. The number of aliphatic hydroxyl groups is 1. The normalized spacial score (nSPS) is 20.2. The molecule has 1 fully saturated rings.